The third-order valence-electron chi connectivity index (χ3n) is 2.97. The molecule has 0 atom stereocenters. The molecule has 21 heavy (non-hydrogen) atoms. The molecule has 0 aliphatic rings. The summed E-state index contributed by atoms with van der Waals surface area (Å²) < 4.78 is 15.0. The monoisotopic (exact) mass is 289 g/mol. The summed E-state index contributed by atoms with van der Waals surface area (Å²) in [4.78, 5) is 4.13. The zero-order valence-electron chi connectivity index (χ0n) is 12.3. The van der Waals surface area contributed by atoms with Gasteiger partial charge in [-0.25, -0.2) is 4.39 Å². The van der Waals surface area contributed by atoms with Gasteiger partial charge >= 0.3 is 0 Å². The van der Waals surface area contributed by atoms with Gasteiger partial charge in [0.05, 0.1) is 12.7 Å². The molecule has 0 spiro atoms. The number of aromatic nitrogens is 2. The lowest BCUT2D eigenvalue weighted by atomic mass is 10.2. The van der Waals surface area contributed by atoms with Crippen LogP contribution < -0.4 is 10.6 Å². The van der Waals surface area contributed by atoms with E-state index in [9.17, 15) is 4.39 Å². The summed E-state index contributed by atoms with van der Waals surface area (Å²) in [7, 11) is 1.71. The topological polar surface area (TPSA) is 54.2 Å². The highest BCUT2D eigenvalue weighted by atomic mass is 19.1. The van der Waals surface area contributed by atoms with E-state index in [-0.39, 0.29) is 5.82 Å². The second kappa shape index (κ2) is 7.42. The molecule has 0 radical (unpaired) electrons. The van der Waals surface area contributed by atoms with Gasteiger partial charge in [0.2, 0.25) is 0 Å². The lowest BCUT2D eigenvalue weighted by Crippen LogP contribution is -2.38. The van der Waals surface area contributed by atoms with E-state index in [0.717, 1.165) is 17.7 Å². The number of nitrogens with zero attached hydrogens (tertiary/aromatic N) is 3. The van der Waals surface area contributed by atoms with Crippen molar-refractivity contribution in [2.45, 2.75) is 20.0 Å². The molecule has 0 saturated heterocycles. The number of guanidine groups is 1. The number of rotatable bonds is 5. The van der Waals surface area contributed by atoms with Gasteiger partial charge in [-0.15, -0.1) is 0 Å². The number of halogens is 1. The van der Waals surface area contributed by atoms with Crippen LogP contribution in [0.1, 0.15) is 11.1 Å². The summed E-state index contributed by atoms with van der Waals surface area (Å²) in [6.45, 7) is 4.01. The van der Waals surface area contributed by atoms with Gasteiger partial charge < -0.3 is 10.6 Å². The highest BCUT2D eigenvalue weighted by molar-refractivity contribution is 5.79. The standard InChI is InChI=1S/C15H20FN5/c1-12-9-20-21(11-12)7-6-18-15(17-2)19-10-13-4-3-5-14(16)8-13/h3-5,8-9,11H,6-7,10H2,1-2H3,(H2,17,18,19). The molecule has 2 N–H and O–H groups in total. The van der Waals surface area contributed by atoms with Crippen molar-refractivity contribution in [3.05, 3.63) is 53.6 Å². The molecular formula is C15H20FN5. The van der Waals surface area contributed by atoms with Crippen LogP contribution in [0.3, 0.4) is 0 Å². The van der Waals surface area contributed by atoms with Crippen molar-refractivity contribution in [2.24, 2.45) is 4.99 Å². The maximum atomic E-state index is 13.1. The van der Waals surface area contributed by atoms with Crippen LogP contribution in [-0.2, 0) is 13.1 Å². The van der Waals surface area contributed by atoms with Crippen molar-refractivity contribution in [1.82, 2.24) is 20.4 Å². The van der Waals surface area contributed by atoms with Crippen LogP contribution in [0, 0.1) is 12.7 Å². The highest BCUT2D eigenvalue weighted by Gasteiger charge is 2.00. The fraction of sp³-hybridized carbons (Fsp3) is 0.333. The molecule has 1 heterocycles. The normalized spacial score (nSPS) is 11.5. The summed E-state index contributed by atoms with van der Waals surface area (Å²) in [5.41, 5.74) is 2.02. The molecule has 0 aliphatic heterocycles. The Morgan fingerprint density at radius 2 is 2.24 bits per heavy atom. The van der Waals surface area contributed by atoms with E-state index in [1.807, 2.05) is 30.1 Å². The minimum Gasteiger partial charge on any atom is -0.355 e. The second-order valence-electron chi connectivity index (χ2n) is 4.76. The van der Waals surface area contributed by atoms with E-state index in [4.69, 9.17) is 0 Å². The minimum atomic E-state index is -0.230. The molecule has 1 aromatic heterocycles. The average molecular weight is 289 g/mol. The molecule has 112 valence electrons. The fourth-order valence-corrected chi connectivity index (χ4v) is 1.93. The van der Waals surface area contributed by atoms with Gasteiger partial charge in [0, 0.05) is 26.3 Å². The van der Waals surface area contributed by atoms with E-state index < -0.39 is 0 Å². The zero-order valence-corrected chi connectivity index (χ0v) is 12.3. The quantitative estimate of drug-likeness (QED) is 0.650. The van der Waals surface area contributed by atoms with Gasteiger partial charge in [-0.3, -0.25) is 9.67 Å². The molecule has 0 amide bonds. The van der Waals surface area contributed by atoms with Crippen LogP contribution in [0.5, 0.6) is 0 Å². The van der Waals surface area contributed by atoms with E-state index in [1.165, 1.54) is 12.1 Å². The predicted molar refractivity (Wildman–Crippen MR) is 81.6 cm³/mol. The average Bonchev–Trinajstić information content (AvgIpc) is 2.88. The largest absolute Gasteiger partial charge is 0.355 e. The second-order valence-corrected chi connectivity index (χ2v) is 4.76. The first-order valence-electron chi connectivity index (χ1n) is 6.85. The summed E-state index contributed by atoms with van der Waals surface area (Å²) in [6, 6.07) is 6.51. The first-order valence-corrected chi connectivity index (χ1v) is 6.85. The number of aliphatic imine (C=N–C) groups is 1. The van der Waals surface area contributed by atoms with E-state index >= 15 is 0 Å². The Morgan fingerprint density at radius 3 is 2.90 bits per heavy atom. The molecule has 2 aromatic rings. The van der Waals surface area contributed by atoms with Crippen LogP contribution in [-0.4, -0.2) is 29.3 Å². The summed E-state index contributed by atoms with van der Waals surface area (Å²) in [5, 5.41) is 10.6. The first kappa shape index (κ1) is 15.0. The Morgan fingerprint density at radius 1 is 1.38 bits per heavy atom. The summed E-state index contributed by atoms with van der Waals surface area (Å²) in [5.74, 6) is 0.453. The van der Waals surface area contributed by atoms with Gasteiger partial charge in [0.25, 0.3) is 0 Å². The van der Waals surface area contributed by atoms with Crippen LogP contribution in [0.4, 0.5) is 4.39 Å². The number of hydrogen-bond acceptors (Lipinski definition) is 2. The fourth-order valence-electron chi connectivity index (χ4n) is 1.93. The Kier molecular flexibility index (Phi) is 5.31. The van der Waals surface area contributed by atoms with Gasteiger partial charge in [-0.2, -0.15) is 5.10 Å². The lowest BCUT2D eigenvalue weighted by Gasteiger charge is -2.12. The summed E-state index contributed by atoms with van der Waals surface area (Å²) >= 11 is 0. The Bertz CT molecular complexity index is 606. The molecule has 0 bridgehead atoms. The van der Waals surface area contributed by atoms with E-state index in [0.29, 0.717) is 19.0 Å². The smallest absolute Gasteiger partial charge is 0.191 e. The SMILES string of the molecule is CN=C(NCCn1cc(C)cn1)NCc1cccc(F)c1. The van der Waals surface area contributed by atoms with Crippen LogP contribution in [0.15, 0.2) is 41.7 Å². The maximum absolute atomic E-state index is 13.1. The Balaban J connectivity index is 1.76. The number of benzene rings is 1. The number of nitrogens with one attached hydrogen (secondary N) is 2. The molecule has 0 fully saturated rings. The van der Waals surface area contributed by atoms with Crippen molar-refractivity contribution < 1.29 is 4.39 Å². The number of hydrogen-bond donors (Lipinski definition) is 2. The molecule has 2 rings (SSSR count). The Hall–Kier alpha value is -2.37. The predicted octanol–water partition coefficient (Wildman–Crippen LogP) is 1.70. The van der Waals surface area contributed by atoms with Crippen molar-refractivity contribution in [3.8, 4) is 0 Å². The maximum Gasteiger partial charge on any atom is 0.191 e. The number of aryl methyl sites for hydroxylation is 1. The highest BCUT2D eigenvalue weighted by Crippen LogP contribution is 2.02. The van der Waals surface area contributed by atoms with Crippen LogP contribution >= 0.6 is 0 Å². The first-order chi connectivity index (χ1) is 10.2. The van der Waals surface area contributed by atoms with Crippen molar-refractivity contribution in [2.75, 3.05) is 13.6 Å². The van der Waals surface area contributed by atoms with Crippen molar-refractivity contribution in [3.63, 3.8) is 0 Å². The molecule has 5 nitrogen and oxygen atoms in total. The third-order valence-corrected chi connectivity index (χ3v) is 2.97. The van der Waals surface area contributed by atoms with Crippen molar-refractivity contribution >= 4 is 5.96 Å². The van der Waals surface area contributed by atoms with Gasteiger partial charge in [-0.05, 0) is 30.2 Å². The molecule has 0 saturated carbocycles. The van der Waals surface area contributed by atoms with Gasteiger partial charge in [0.15, 0.2) is 5.96 Å². The lowest BCUT2D eigenvalue weighted by molar-refractivity contribution is 0.597. The summed E-state index contributed by atoms with van der Waals surface area (Å²) in [6.07, 6.45) is 3.82. The molecule has 1 aromatic carbocycles. The zero-order chi connectivity index (χ0) is 15.1. The van der Waals surface area contributed by atoms with Gasteiger partial charge in [-0.1, -0.05) is 12.1 Å². The van der Waals surface area contributed by atoms with Crippen LogP contribution in [0.25, 0.3) is 0 Å². The van der Waals surface area contributed by atoms with Crippen molar-refractivity contribution in [1.29, 1.82) is 0 Å². The van der Waals surface area contributed by atoms with Crippen LogP contribution in [0.2, 0.25) is 0 Å². The van der Waals surface area contributed by atoms with E-state index in [2.05, 4.69) is 20.7 Å². The van der Waals surface area contributed by atoms with Gasteiger partial charge in [0.1, 0.15) is 5.82 Å². The van der Waals surface area contributed by atoms with E-state index in [1.54, 1.807) is 13.1 Å². The molecule has 6 heteroatoms. The molecule has 0 unspecified atom stereocenters. The molecule has 0 aliphatic carbocycles. The molecular weight excluding hydrogens is 269 g/mol. The minimum absolute atomic E-state index is 0.230. The third kappa shape index (κ3) is 4.91. The Labute approximate surface area is 123 Å².